The van der Waals surface area contributed by atoms with Crippen molar-refractivity contribution in [3.63, 3.8) is 0 Å². The quantitative estimate of drug-likeness (QED) is 0.578. The van der Waals surface area contributed by atoms with E-state index in [0.29, 0.717) is 0 Å². The van der Waals surface area contributed by atoms with E-state index in [2.05, 4.69) is 34.3 Å². The van der Waals surface area contributed by atoms with Gasteiger partial charge in [0.1, 0.15) is 0 Å². The summed E-state index contributed by atoms with van der Waals surface area (Å²) in [7, 11) is 0. The molecule has 1 aromatic heterocycles. The molecule has 0 saturated carbocycles. The van der Waals surface area contributed by atoms with Crippen LogP contribution in [0.15, 0.2) is 29.4 Å². The van der Waals surface area contributed by atoms with Gasteiger partial charge in [0.15, 0.2) is 0 Å². The summed E-state index contributed by atoms with van der Waals surface area (Å²) >= 11 is 0. The minimum Gasteiger partial charge on any atom is -0.361 e. The van der Waals surface area contributed by atoms with Crippen molar-refractivity contribution in [1.82, 2.24) is 4.98 Å². The topological polar surface area (TPSA) is 28.1 Å². The number of fused-ring (bicyclic) bond motifs is 2. The average Bonchev–Trinajstić information content (AvgIpc) is 2.64. The summed E-state index contributed by atoms with van der Waals surface area (Å²) in [6.45, 7) is 0.835. The lowest BCUT2D eigenvalue weighted by atomic mass is 10.2. The monoisotopic (exact) mass is 156 g/mol. The maximum absolute atomic E-state index is 4.36. The zero-order valence-electron chi connectivity index (χ0n) is 6.54. The van der Waals surface area contributed by atoms with Crippen LogP contribution in [0.25, 0.3) is 17.0 Å². The fraction of sp³-hybridized carbons (Fsp3) is 0.100. The number of aromatic nitrogens is 1. The molecule has 0 unspecified atom stereocenters. The first-order valence-electron chi connectivity index (χ1n) is 4.05. The molecular weight excluding hydrogens is 148 g/mol. The van der Waals surface area contributed by atoms with E-state index >= 15 is 0 Å². The number of hydrogen-bond acceptors (Lipinski definition) is 1. The van der Waals surface area contributed by atoms with Crippen molar-refractivity contribution >= 4 is 17.0 Å². The number of rotatable bonds is 0. The van der Waals surface area contributed by atoms with Gasteiger partial charge >= 0.3 is 0 Å². The van der Waals surface area contributed by atoms with Crippen LogP contribution in [0.4, 0.5) is 0 Å². The van der Waals surface area contributed by atoms with E-state index in [1.54, 1.807) is 0 Å². The number of H-pyrrole nitrogens is 1. The average molecular weight is 156 g/mol. The molecule has 0 fully saturated rings. The lowest BCUT2D eigenvalue weighted by Gasteiger charge is -1.87. The highest BCUT2D eigenvalue weighted by atomic mass is 14.7. The normalized spacial score (nSPS) is 14.0. The fourth-order valence-corrected chi connectivity index (χ4v) is 1.65. The van der Waals surface area contributed by atoms with Crippen LogP contribution >= 0.6 is 0 Å². The molecule has 1 N–H and O–H groups in total. The molecule has 58 valence electrons. The smallest absolute Gasteiger partial charge is 0.0655 e. The molecule has 0 radical (unpaired) electrons. The van der Waals surface area contributed by atoms with Gasteiger partial charge in [-0.25, -0.2) is 0 Å². The highest BCUT2D eigenvalue weighted by Gasteiger charge is 1.98. The number of hydrogen-bond donors (Lipinski definition) is 1. The number of nitrogens with one attached hydrogen (secondary N) is 1. The third-order valence-corrected chi connectivity index (χ3v) is 2.27. The van der Waals surface area contributed by atoms with E-state index in [-0.39, 0.29) is 0 Å². The molecule has 1 aromatic carbocycles. The Labute approximate surface area is 69.3 Å². The van der Waals surface area contributed by atoms with Crippen molar-refractivity contribution in [2.75, 3.05) is 6.54 Å². The molecule has 0 saturated heterocycles. The number of benzene rings is 1. The standard InChI is InChI=1S/C10H8N2/c1-3-11-9-6-8-2-4-12-10(8)5-7(1)9/h1-3,5-6,11H,4H2. The molecule has 2 aromatic rings. The third-order valence-electron chi connectivity index (χ3n) is 2.27. The molecule has 3 rings (SSSR count). The zero-order valence-corrected chi connectivity index (χ0v) is 6.54. The number of aromatic amines is 1. The van der Waals surface area contributed by atoms with Crippen LogP contribution in [0.3, 0.4) is 0 Å². The highest BCUT2D eigenvalue weighted by Crippen LogP contribution is 2.06. The molecule has 1 aliphatic heterocycles. The van der Waals surface area contributed by atoms with Crippen LogP contribution in [0, 0.1) is 0 Å². The van der Waals surface area contributed by atoms with Gasteiger partial charge in [0.05, 0.1) is 11.9 Å². The second kappa shape index (κ2) is 1.97. The van der Waals surface area contributed by atoms with Crippen molar-refractivity contribution in [1.29, 1.82) is 0 Å². The van der Waals surface area contributed by atoms with E-state index in [1.807, 2.05) is 6.20 Å². The van der Waals surface area contributed by atoms with Crippen molar-refractivity contribution in [2.45, 2.75) is 0 Å². The van der Waals surface area contributed by atoms with Crippen LogP contribution < -0.4 is 10.6 Å². The van der Waals surface area contributed by atoms with E-state index in [9.17, 15) is 0 Å². The Hall–Kier alpha value is -1.57. The molecule has 2 heterocycles. The lowest BCUT2D eigenvalue weighted by molar-refractivity contribution is 1.23. The van der Waals surface area contributed by atoms with Crippen LogP contribution in [0.1, 0.15) is 0 Å². The van der Waals surface area contributed by atoms with Gasteiger partial charge in [-0.2, -0.15) is 0 Å². The van der Waals surface area contributed by atoms with Gasteiger partial charge in [0, 0.05) is 17.1 Å². The summed E-state index contributed by atoms with van der Waals surface area (Å²) in [6.07, 6.45) is 4.11. The van der Waals surface area contributed by atoms with Crippen LogP contribution in [-0.4, -0.2) is 11.5 Å². The second-order valence-corrected chi connectivity index (χ2v) is 3.02. The Morgan fingerprint density at radius 1 is 1.33 bits per heavy atom. The Kier molecular flexibility index (Phi) is 0.987. The maximum Gasteiger partial charge on any atom is 0.0655 e. The highest BCUT2D eigenvalue weighted by molar-refractivity contribution is 5.79. The van der Waals surface area contributed by atoms with E-state index in [0.717, 1.165) is 11.9 Å². The molecule has 12 heavy (non-hydrogen) atoms. The SMILES string of the molecule is C1=c2cc3[nH]ccc3cc2=NC1. The maximum atomic E-state index is 4.36. The largest absolute Gasteiger partial charge is 0.361 e. The first-order chi connectivity index (χ1) is 5.93. The summed E-state index contributed by atoms with van der Waals surface area (Å²) in [5, 5.41) is 3.62. The molecule has 0 atom stereocenters. The van der Waals surface area contributed by atoms with E-state index in [4.69, 9.17) is 0 Å². The Bertz CT molecular complexity index is 501. The van der Waals surface area contributed by atoms with Crippen molar-refractivity contribution in [2.24, 2.45) is 4.99 Å². The van der Waals surface area contributed by atoms with Gasteiger partial charge < -0.3 is 4.98 Å². The van der Waals surface area contributed by atoms with Gasteiger partial charge in [0.2, 0.25) is 0 Å². The second-order valence-electron chi connectivity index (χ2n) is 3.02. The predicted molar refractivity (Wildman–Crippen MR) is 48.4 cm³/mol. The molecule has 0 aliphatic carbocycles. The van der Waals surface area contributed by atoms with Gasteiger partial charge in [0.25, 0.3) is 0 Å². The van der Waals surface area contributed by atoms with Gasteiger partial charge in [-0.3, -0.25) is 4.99 Å². The van der Waals surface area contributed by atoms with Gasteiger partial charge in [-0.15, -0.1) is 0 Å². The summed E-state index contributed by atoms with van der Waals surface area (Å²) in [5.41, 5.74) is 1.20. The van der Waals surface area contributed by atoms with Crippen LogP contribution in [-0.2, 0) is 0 Å². The summed E-state index contributed by atoms with van der Waals surface area (Å²) in [5.74, 6) is 0. The minimum atomic E-state index is 0.835. The fourth-order valence-electron chi connectivity index (χ4n) is 1.65. The van der Waals surface area contributed by atoms with Gasteiger partial charge in [-0.1, -0.05) is 6.08 Å². The van der Waals surface area contributed by atoms with Crippen molar-refractivity contribution < 1.29 is 0 Å². The van der Waals surface area contributed by atoms with Gasteiger partial charge in [-0.05, 0) is 23.4 Å². The van der Waals surface area contributed by atoms with Crippen LogP contribution in [0.5, 0.6) is 0 Å². The Balaban J connectivity index is 2.64. The third kappa shape index (κ3) is 0.666. The zero-order chi connectivity index (χ0) is 7.97. The predicted octanol–water partition coefficient (Wildman–Crippen LogP) is 0.582. The Morgan fingerprint density at radius 3 is 3.33 bits per heavy atom. The lowest BCUT2D eigenvalue weighted by Crippen LogP contribution is -2.20. The summed E-state index contributed by atoms with van der Waals surface area (Å²) in [4.78, 5) is 7.55. The number of nitrogens with zero attached hydrogens (tertiary/aromatic N) is 1. The summed E-state index contributed by atoms with van der Waals surface area (Å²) in [6, 6.07) is 6.36. The van der Waals surface area contributed by atoms with Crippen LogP contribution in [0.2, 0.25) is 0 Å². The molecule has 2 nitrogen and oxygen atoms in total. The minimum absolute atomic E-state index is 0.835. The van der Waals surface area contributed by atoms with E-state index in [1.165, 1.54) is 16.1 Å². The van der Waals surface area contributed by atoms with Crippen molar-refractivity contribution in [3.05, 3.63) is 35.0 Å². The molecule has 0 spiro atoms. The molecule has 1 aliphatic rings. The molecule has 2 heteroatoms. The first-order valence-corrected chi connectivity index (χ1v) is 4.05. The summed E-state index contributed by atoms with van der Waals surface area (Å²) < 4.78 is 0. The molecule has 0 amide bonds. The molecular formula is C10H8N2. The van der Waals surface area contributed by atoms with E-state index < -0.39 is 0 Å². The first kappa shape index (κ1) is 6.00. The van der Waals surface area contributed by atoms with Crippen molar-refractivity contribution in [3.8, 4) is 0 Å². The molecule has 0 bridgehead atoms. The Morgan fingerprint density at radius 2 is 2.33 bits per heavy atom.